The topological polar surface area (TPSA) is 42.5 Å². The molecule has 0 atom stereocenters. The summed E-state index contributed by atoms with van der Waals surface area (Å²) in [5.41, 5.74) is 0.956. The third kappa shape index (κ3) is 3.71. The minimum atomic E-state index is 0.839. The Kier molecular flexibility index (Phi) is 6.00. The number of benzene rings is 1. The molecule has 0 heterocycles. The molecule has 1 rings (SSSR count). The molecule has 0 fully saturated rings. The van der Waals surface area contributed by atoms with E-state index in [1.165, 1.54) is 0 Å². The number of ether oxygens (including phenoxy) is 2. The second-order valence-corrected chi connectivity index (χ2v) is 4.29. The van der Waals surface area contributed by atoms with Crippen LogP contribution in [0.1, 0.15) is 0 Å². The molecule has 96 valence electrons. The van der Waals surface area contributed by atoms with Crippen molar-refractivity contribution >= 4 is 17.4 Å². The predicted molar refractivity (Wildman–Crippen MR) is 73.7 cm³/mol. The van der Waals surface area contributed by atoms with E-state index in [4.69, 9.17) is 9.47 Å². The van der Waals surface area contributed by atoms with E-state index in [0.29, 0.717) is 0 Å². The summed E-state index contributed by atoms with van der Waals surface area (Å²) in [6.07, 6.45) is 2.02. The van der Waals surface area contributed by atoms with Gasteiger partial charge >= 0.3 is 0 Å². The molecule has 0 aliphatic rings. The van der Waals surface area contributed by atoms with E-state index in [9.17, 15) is 0 Å². The van der Waals surface area contributed by atoms with Gasteiger partial charge in [-0.3, -0.25) is 0 Å². The molecule has 0 radical (unpaired) electrons. The Labute approximate surface area is 107 Å². The van der Waals surface area contributed by atoms with Gasteiger partial charge in [0.1, 0.15) is 11.5 Å². The minimum absolute atomic E-state index is 0.839. The van der Waals surface area contributed by atoms with Crippen LogP contribution >= 0.6 is 11.8 Å². The molecule has 0 bridgehead atoms. The number of rotatable bonds is 7. The quantitative estimate of drug-likeness (QED) is 0.577. The van der Waals surface area contributed by atoms with Crippen molar-refractivity contribution in [1.29, 1.82) is 0 Å². The molecule has 4 nitrogen and oxygen atoms in total. The predicted octanol–water partition coefficient (Wildman–Crippen LogP) is 2.06. The summed E-state index contributed by atoms with van der Waals surface area (Å²) in [5, 5.41) is 6.40. The van der Waals surface area contributed by atoms with Gasteiger partial charge in [-0.05, 0) is 19.4 Å². The van der Waals surface area contributed by atoms with Crippen LogP contribution in [0.5, 0.6) is 11.5 Å². The van der Waals surface area contributed by atoms with Crippen molar-refractivity contribution in [3.63, 3.8) is 0 Å². The lowest BCUT2D eigenvalue weighted by Crippen LogP contribution is -2.18. The molecule has 5 heteroatoms. The first-order valence-corrected chi connectivity index (χ1v) is 6.67. The highest BCUT2D eigenvalue weighted by Gasteiger charge is 2.10. The summed E-state index contributed by atoms with van der Waals surface area (Å²) in [6.45, 7) is 1.74. The summed E-state index contributed by atoms with van der Waals surface area (Å²) in [5.74, 6) is 1.71. The van der Waals surface area contributed by atoms with E-state index in [2.05, 4.69) is 10.6 Å². The second kappa shape index (κ2) is 7.29. The highest BCUT2D eigenvalue weighted by Crippen LogP contribution is 2.37. The average molecular weight is 256 g/mol. The zero-order valence-corrected chi connectivity index (χ0v) is 11.6. The molecule has 0 unspecified atom stereocenters. The summed E-state index contributed by atoms with van der Waals surface area (Å²) in [6, 6.07) is 3.96. The SMILES string of the molecule is CNCCNc1cc(OC)c(SC)cc1OC. The lowest BCUT2D eigenvalue weighted by molar-refractivity contribution is 0.395. The Morgan fingerprint density at radius 1 is 1.12 bits per heavy atom. The van der Waals surface area contributed by atoms with E-state index in [1.807, 2.05) is 25.4 Å². The van der Waals surface area contributed by atoms with Gasteiger partial charge in [0.15, 0.2) is 0 Å². The van der Waals surface area contributed by atoms with Gasteiger partial charge in [0, 0.05) is 19.2 Å². The number of hydrogen-bond donors (Lipinski definition) is 2. The molecule has 0 spiro atoms. The Bertz CT molecular complexity index is 359. The molecule has 0 aromatic heterocycles. The number of anilines is 1. The molecule has 0 saturated carbocycles. The van der Waals surface area contributed by atoms with E-state index >= 15 is 0 Å². The third-order valence-electron chi connectivity index (χ3n) is 2.40. The summed E-state index contributed by atoms with van der Waals surface area (Å²) in [4.78, 5) is 1.07. The molecule has 2 N–H and O–H groups in total. The van der Waals surface area contributed by atoms with E-state index in [0.717, 1.165) is 35.2 Å². The molecular formula is C12H20N2O2S. The monoisotopic (exact) mass is 256 g/mol. The Morgan fingerprint density at radius 3 is 2.35 bits per heavy atom. The standard InChI is InChI=1S/C12H20N2O2S/c1-13-5-6-14-9-7-11(16-3)12(17-4)8-10(9)15-2/h7-8,13-14H,5-6H2,1-4H3. The zero-order chi connectivity index (χ0) is 12.7. The van der Waals surface area contributed by atoms with Crippen molar-refractivity contribution in [2.45, 2.75) is 4.90 Å². The molecule has 0 aliphatic heterocycles. The smallest absolute Gasteiger partial charge is 0.143 e. The minimum Gasteiger partial charge on any atom is -0.496 e. The summed E-state index contributed by atoms with van der Waals surface area (Å²) in [7, 11) is 5.28. The number of hydrogen-bond acceptors (Lipinski definition) is 5. The van der Waals surface area contributed by atoms with Crippen LogP contribution in [-0.4, -0.2) is 40.6 Å². The van der Waals surface area contributed by atoms with E-state index < -0.39 is 0 Å². The van der Waals surface area contributed by atoms with Gasteiger partial charge in [-0.2, -0.15) is 0 Å². The van der Waals surface area contributed by atoms with Crippen molar-refractivity contribution in [3.8, 4) is 11.5 Å². The largest absolute Gasteiger partial charge is 0.496 e. The fraction of sp³-hybridized carbons (Fsp3) is 0.500. The van der Waals surface area contributed by atoms with Gasteiger partial charge in [-0.15, -0.1) is 11.8 Å². The second-order valence-electron chi connectivity index (χ2n) is 3.44. The molecule has 17 heavy (non-hydrogen) atoms. The summed E-state index contributed by atoms with van der Waals surface area (Å²) < 4.78 is 10.7. The molecule has 1 aromatic rings. The van der Waals surface area contributed by atoms with Gasteiger partial charge in [0.25, 0.3) is 0 Å². The molecule has 0 saturated heterocycles. The number of methoxy groups -OCH3 is 2. The Hall–Kier alpha value is -1.07. The highest BCUT2D eigenvalue weighted by atomic mass is 32.2. The van der Waals surface area contributed by atoms with Crippen LogP contribution in [0.25, 0.3) is 0 Å². The molecular weight excluding hydrogens is 236 g/mol. The Morgan fingerprint density at radius 2 is 1.82 bits per heavy atom. The first kappa shape index (κ1) is 14.0. The molecule has 0 amide bonds. The summed E-state index contributed by atoms with van der Waals surface area (Å²) >= 11 is 1.64. The van der Waals surface area contributed by atoms with Gasteiger partial charge in [-0.1, -0.05) is 0 Å². The van der Waals surface area contributed by atoms with Crippen LogP contribution in [-0.2, 0) is 0 Å². The van der Waals surface area contributed by atoms with Crippen molar-refractivity contribution in [2.24, 2.45) is 0 Å². The fourth-order valence-electron chi connectivity index (χ4n) is 1.49. The van der Waals surface area contributed by atoms with Crippen LogP contribution in [0.4, 0.5) is 5.69 Å². The van der Waals surface area contributed by atoms with Crippen molar-refractivity contribution < 1.29 is 9.47 Å². The maximum atomic E-state index is 5.37. The Balaban J connectivity index is 2.93. The van der Waals surface area contributed by atoms with Crippen molar-refractivity contribution in [1.82, 2.24) is 5.32 Å². The number of nitrogens with one attached hydrogen (secondary N) is 2. The fourth-order valence-corrected chi connectivity index (χ4v) is 2.06. The molecule has 0 aliphatic carbocycles. The van der Waals surface area contributed by atoms with E-state index in [1.54, 1.807) is 26.0 Å². The van der Waals surface area contributed by atoms with Crippen molar-refractivity contribution in [2.75, 3.05) is 45.9 Å². The van der Waals surface area contributed by atoms with E-state index in [-0.39, 0.29) is 0 Å². The maximum Gasteiger partial charge on any atom is 0.143 e. The zero-order valence-electron chi connectivity index (χ0n) is 10.8. The van der Waals surface area contributed by atoms with Gasteiger partial charge in [0.2, 0.25) is 0 Å². The maximum absolute atomic E-state index is 5.37. The molecule has 1 aromatic carbocycles. The lowest BCUT2D eigenvalue weighted by Gasteiger charge is -2.15. The van der Waals surface area contributed by atoms with Crippen LogP contribution in [0.2, 0.25) is 0 Å². The van der Waals surface area contributed by atoms with Crippen LogP contribution in [0.15, 0.2) is 17.0 Å². The number of thioether (sulfide) groups is 1. The lowest BCUT2D eigenvalue weighted by atomic mass is 10.2. The number of likely N-dealkylation sites (N-methyl/N-ethyl adjacent to an activating group) is 1. The normalized spacial score (nSPS) is 10.1. The van der Waals surface area contributed by atoms with Gasteiger partial charge in [-0.25, -0.2) is 0 Å². The third-order valence-corrected chi connectivity index (χ3v) is 3.15. The van der Waals surface area contributed by atoms with Crippen LogP contribution < -0.4 is 20.1 Å². The first-order chi connectivity index (χ1) is 8.26. The first-order valence-electron chi connectivity index (χ1n) is 5.45. The van der Waals surface area contributed by atoms with Gasteiger partial charge < -0.3 is 20.1 Å². The van der Waals surface area contributed by atoms with Gasteiger partial charge in [0.05, 0.1) is 24.8 Å². The van der Waals surface area contributed by atoms with Crippen LogP contribution in [0, 0.1) is 0 Å². The van der Waals surface area contributed by atoms with Crippen LogP contribution in [0.3, 0.4) is 0 Å². The average Bonchev–Trinajstić information content (AvgIpc) is 2.38. The highest BCUT2D eigenvalue weighted by molar-refractivity contribution is 7.98. The van der Waals surface area contributed by atoms with Crippen molar-refractivity contribution in [3.05, 3.63) is 12.1 Å².